The van der Waals surface area contributed by atoms with Gasteiger partial charge in [-0.2, -0.15) is 0 Å². The molecule has 1 aromatic carbocycles. The zero-order chi connectivity index (χ0) is 19.9. The fraction of sp³-hybridized carbons (Fsp3) is 0.350. The van der Waals surface area contributed by atoms with E-state index in [9.17, 15) is 14.4 Å². The number of hydrogen-bond acceptors (Lipinski definition) is 6. The smallest absolute Gasteiger partial charge is 0.311 e. The van der Waals surface area contributed by atoms with Crippen molar-refractivity contribution in [2.45, 2.75) is 19.5 Å². The van der Waals surface area contributed by atoms with Crippen LogP contribution in [0.25, 0.3) is 0 Å². The van der Waals surface area contributed by atoms with Gasteiger partial charge in [-0.15, -0.1) is 0 Å². The topological polar surface area (TPSA) is 98.1 Å². The number of rotatable bonds is 8. The van der Waals surface area contributed by atoms with Gasteiger partial charge in [0.05, 0.1) is 25.8 Å². The zero-order valence-corrected chi connectivity index (χ0v) is 15.6. The maximum atomic E-state index is 12.2. The van der Waals surface area contributed by atoms with Crippen molar-refractivity contribution in [1.29, 1.82) is 0 Å². The second kappa shape index (κ2) is 9.07. The SMILES string of the molecule is COc1ccccc1CNC(=O)COC(=O)[C@@H]1CC(=O)N(Cc2ccco2)C1. The van der Waals surface area contributed by atoms with E-state index in [0.29, 0.717) is 18.1 Å². The van der Waals surface area contributed by atoms with Crippen LogP contribution in [0.2, 0.25) is 0 Å². The molecule has 1 aromatic heterocycles. The Labute approximate surface area is 162 Å². The Kier molecular flexibility index (Phi) is 6.31. The quantitative estimate of drug-likeness (QED) is 0.691. The highest BCUT2D eigenvalue weighted by atomic mass is 16.5. The van der Waals surface area contributed by atoms with E-state index in [2.05, 4.69) is 5.32 Å². The fourth-order valence-corrected chi connectivity index (χ4v) is 3.02. The summed E-state index contributed by atoms with van der Waals surface area (Å²) in [5.74, 6) is -0.374. The lowest BCUT2D eigenvalue weighted by molar-refractivity contribution is -0.152. The molecule has 28 heavy (non-hydrogen) atoms. The number of ether oxygens (including phenoxy) is 2. The maximum absolute atomic E-state index is 12.2. The van der Waals surface area contributed by atoms with Gasteiger partial charge < -0.3 is 24.1 Å². The largest absolute Gasteiger partial charge is 0.496 e. The Bertz CT molecular complexity index is 833. The second-order valence-electron chi connectivity index (χ2n) is 6.45. The lowest BCUT2D eigenvalue weighted by Crippen LogP contribution is -2.31. The Hall–Kier alpha value is -3.29. The number of nitrogens with zero attached hydrogens (tertiary/aromatic N) is 1. The highest BCUT2D eigenvalue weighted by Gasteiger charge is 2.35. The fourth-order valence-electron chi connectivity index (χ4n) is 3.02. The van der Waals surface area contributed by atoms with Gasteiger partial charge in [0.15, 0.2) is 6.61 Å². The molecule has 3 rings (SSSR count). The Morgan fingerprint density at radius 3 is 2.82 bits per heavy atom. The molecule has 8 nitrogen and oxygen atoms in total. The number of carbonyl (C=O) groups is 3. The number of nitrogens with one attached hydrogen (secondary N) is 1. The van der Waals surface area contributed by atoms with E-state index in [1.165, 1.54) is 6.26 Å². The molecule has 1 aliphatic heterocycles. The molecular weight excluding hydrogens is 364 g/mol. The van der Waals surface area contributed by atoms with Gasteiger partial charge >= 0.3 is 5.97 Å². The zero-order valence-electron chi connectivity index (χ0n) is 15.6. The van der Waals surface area contributed by atoms with Crippen LogP contribution in [0.1, 0.15) is 17.7 Å². The van der Waals surface area contributed by atoms with Crippen molar-refractivity contribution in [3.8, 4) is 5.75 Å². The molecule has 2 heterocycles. The highest BCUT2D eigenvalue weighted by Crippen LogP contribution is 2.21. The van der Waals surface area contributed by atoms with Crippen molar-refractivity contribution in [1.82, 2.24) is 10.2 Å². The minimum Gasteiger partial charge on any atom is -0.496 e. The van der Waals surface area contributed by atoms with Crippen LogP contribution in [0.15, 0.2) is 47.1 Å². The lowest BCUT2D eigenvalue weighted by Gasteiger charge is -2.14. The molecule has 0 radical (unpaired) electrons. The number of methoxy groups -OCH3 is 1. The Morgan fingerprint density at radius 1 is 1.25 bits per heavy atom. The summed E-state index contributed by atoms with van der Waals surface area (Å²) >= 11 is 0. The number of esters is 1. The summed E-state index contributed by atoms with van der Waals surface area (Å²) in [7, 11) is 1.56. The standard InChI is InChI=1S/C20H22N2O6/c1-26-17-7-3-2-5-14(17)10-21-18(23)13-28-20(25)15-9-19(24)22(11-15)12-16-6-4-8-27-16/h2-8,15H,9-13H2,1H3,(H,21,23)/t15-/m1/s1. The Morgan fingerprint density at radius 2 is 2.07 bits per heavy atom. The molecule has 1 atom stereocenters. The average Bonchev–Trinajstić information content (AvgIpc) is 3.35. The van der Waals surface area contributed by atoms with Crippen molar-refractivity contribution in [2.24, 2.45) is 5.92 Å². The molecule has 1 fully saturated rings. The van der Waals surface area contributed by atoms with Crippen LogP contribution >= 0.6 is 0 Å². The number of amides is 2. The van der Waals surface area contributed by atoms with Crippen LogP contribution in [0.3, 0.4) is 0 Å². The van der Waals surface area contributed by atoms with E-state index in [-0.39, 0.29) is 25.4 Å². The molecule has 2 aromatic rings. The average molecular weight is 386 g/mol. The number of likely N-dealkylation sites (tertiary alicyclic amines) is 1. The third-order valence-corrected chi connectivity index (χ3v) is 4.49. The summed E-state index contributed by atoms with van der Waals surface area (Å²) in [6, 6.07) is 10.8. The third-order valence-electron chi connectivity index (χ3n) is 4.49. The molecule has 8 heteroatoms. The van der Waals surface area contributed by atoms with Crippen molar-refractivity contribution >= 4 is 17.8 Å². The first-order chi connectivity index (χ1) is 13.6. The van der Waals surface area contributed by atoms with Gasteiger partial charge in [-0.05, 0) is 18.2 Å². The highest BCUT2D eigenvalue weighted by molar-refractivity contribution is 5.88. The van der Waals surface area contributed by atoms with E-state index in [1.807, 2.05) is 18.2 Å². The van der Waals surface area contributed by atoms with Crippen molar-refractivity contribution < 1.29 is 28.3 Å². The van der Waals surface area contributed by atoms with Gasteiger partial charge in [-0.1, -0.05) is 18.2 Å². The summed E-state index contributed by atoms with van der Waals surface area (Å²) < 4.78 is 15.5. The van der Waals surface area contributed by atoms with Crippen LogP contribution in [-0.2, 0) is 32.2 Å². The molecule has 0 saturated carbocycles. The van der Waals surface area contributed by atoms with Gasteiger partial charge in [-0.3, -0.25) is 14.4 Å². The number of benzene rings is 1. The van der Waals surface area contributed by atoms with Crippen molar-refractivity contribution in [3.63, 3.8) is 0 Å². The molecule has 1 N–H and O–H groups in total. The number of carbonyl (C=O) groups excluding carboxylic acids is 3. The van der Waals surface area contributed by atoms with E-state index in [1.54, 1.807) is 30.2 Å². The van der Waals surface area contributed by atoms with Crippen LogP contribution in [0.4, 0.5) is 0 Å². The van der Waals surface area contributed by atoms with Crippen molar-refractivity contribution in [3.05, 3.63) is 54.0 Å². The number of hydrogen-bond donors (Lipinski definition) is 1. The summed E-state index contributed by atoms with van der Waals surface area (Å²) in [4.78, 5) is 37.8. The van der Waals surface area contributed by atoms with Crippen LogP contribution in [0, 0.1) is 5.92 Å². The minimum atomic E-state index is -0.579. The molecule has 1 aliphatic rings. The lowest BCUT2D eigenvalue weighted by atomic mass is 10.1. The van der Waals surface area contributed by atoms with Gasteiger partial charge in [-0.25, -0.2) is 0 Å². The molecular formula is C20H22N2O6. The summed E-state index contributed by atoms with van der Waals surface area (Å²) in [5, 5.41) is 2.68. The monoisotopic (exact) mass is 386 g/mol. The van der Waals surface area contributed by atoms with Crippen molar-refractivity contribution in [2.75, 3.05) is 20.3 Å². The first-order valence-corrected chi connectivity index (χ1v) is 8.92. The molecule has 2 amide bonds. The van der Waals surface area contributed by atoms with E-state index < -0.39 is 24.4 Å². The van der Waals surface area contributed by atoms with Gasteiger partial charge in [0.2, 0.25) is 5.91 Å². The van der Waals surface area contributed by atoms with E-state index in [4.69, 9.17) is 13.9 Å². The van der Waals surface area contributed by atoms with Crippen LogP contribution < -0.4 is 10.1 Å². The first kappa shape index (κ1) is 19.5. The second-order valence-corrected chi connectivity index (χ2v) is 6.45. The molecule has 0 spiro atoms. The summed E-state index contributed by atoms with van der Waals surface area (Å²) in [6.45, 7) is 0.437. The van der Waals surface area contributed by atoms with Gasteiger partial charge in [0.1, 0.15) is 11.5 Å². The predicted octanol–water partition coefficient (Wildman–Crippen LogP) is 1.50. The molecule has 0 bridgehead atoms. The molecule has 0 unspecified atom stereocenters. The minimum absolute atomic E-state index is 0.0718. The predicted molar refractivity (Wildman–Crippen MR) is 98.0 cm³/mol. The third kappa shape index (κ3) is 4.91. The van der Waals surface area contributed by atoms with Gasteiger partial charge in [0, 0.05) is 25.1 Å². The van der Waals surface area contributed by atoms with Gasteiger partial charge in [0.25, 0.3) is 5.91 Å². The Balaban J connectivity index is 1.42. The van der Waals surface area contributed by atoms with Crippen LogP contribution in [-0.4, -0.2) is 42.9 Å². The number of para-hydroxylation sites is 1. The van der Waals surface area contributed by atoms with E-state index >= 15 is 0 Å². The van der Waals surface area contributed by atoms with E-state index in [0.717, 1.165) is 5.56 Å². The first-order valence-electron chi connectivity index (χ1n) is 8.92. The normalized spacial score (nSPS) is 16.1. The molecule has 148 valence electrons. The summed E-state index contributed by atoms with van der Waals surface area (Å²) in [5.41, 5.74) is 0.819. The van der Waals surface area contributed by atoms with Crippen LogP contribution in [0.5, 0.6) is 5.75 Å². The molecule has 0 aliphatic carbocycles. The maximum Gasteiger partial charge on any atom is 0.311 e. The summed E-state index contributed by atoms with van der Waals surface area (Å²) in [6.07, 6.45) is 1.60. The molecule has 1 saturated heterocycles. The number of furan rings is 1.